The van der Waals surface area contributed by atoms with Crippen molar-refractivity contribution in [3.63, 3.8) is 0 Å². The van der Waals surface area contributed by atoms with Crippen LogP contribution in [0.5, 0.6) is 0 Å². The molecule has 1 aromatic carbocycles. The Morgan fingerprint density at radius 3 is 2.43 bits per heavy atom. The van der Waals surface area contributed by atoms with E-state index in [0.29, 0.717) is 5.72 Å². The largest absolute Gasteiger partial charge is 0.870 e. The molecule has 0 aliphatic carbocycles. The quantitative estimate of drug-likeness (QED) is 0.546. The van der Waals surface area contributed by atoms with Crippen LogP contribution in [0.2, 0.25) is 0 Å². The van der Waals surface area contributed by atoms with E-state index in [0.717, 1.165) is 5.46 Å². The molecule has 2 rings (SSSR count). The first-order valence-corrected chi connectivity index (χ1v) is 3.59. The molecule has 0 amide bonds. The van der Waals surface area contributed by atoms with Gasteiger partial charge in [-0.3, -0.25) is 0 Å². The van der Waals surface area contributed by atoms with Gasteiger partial charge in [0.15, 0.2) is 0 Å². The fraction of sp³-hybridized carbons (Fsp3) is 0. The van der Waals surface area contributed by atoms with E-state index in [2.05, 4.69) is 20.6 Å². The van der Waals surface area contributed by atoms with E-state index in [9.17, 15) is 0 Å². The number of benzene rings is 1. The van der Waals surface area contributed by atoms with Crippen molar-refractivity contribution in [2.24, 2.45) is 0 Å². The van der Waals surface area contributed by atoms with Gasteiger partial charge in [0, 0.05) is 0 Å². The van der Waals surface area contributed by atoms with Gasteiger partial charge in [0.25, 0.3) is 0 Å². The van der Waals surface area contributed by atoms with Crippen LogP contribution in [0.25, 0.3) is 0 Å². The third kappa shape index (κ3) is 2.96. The number of tetrazole rings is 1. The summed E-state index contributed by atoms with van der Waals surface area (Å²) in [6.07, 6.45) is 0. The molecule has 0 spiro atoms. The second-order valence-corrected chi connectivity index (χ2v) is 2.34. The first-order chi connectivity index (χ1) is 5.95. The summed E-state index contributed by atoms with van der Waals surface area (Å²) in [6.45, 7) is 0. The Morgan fingerprint density at radius 1 is 1.14 bits per heavy atom. The molecule has 0 saturated heterocycles. The van der Waals surface area contributed by atoms with Crippen LogP contribution < -0.4 is 11.2 Å². The Hall–Kier alpha value is -1.73. The molecule has 0 radical (unpaired) electrons. The monoisotopic (exact) mass is 192 g/mol. The molecular weight excluding hydrogens is 183 g/mol. The van der Waals surface area contributed by atoms with E-state index in [1.165, 1.54) is 0 Å². The Bertz CT molecular complexity index is 340. The summed E-state index contributed by atoms with van der Waals surface area (Å²) in [5.74, 6) is 0. The van der Waals surface area contributed by atoms with Crippen LogP contribution in [0.3, 0.4) is 0 Å². The van der Waals surface area contributed by atoms with Gasteiger partial charge in [0.2, 0.25) is 0 Å². The first-order valence-electron chi connectivity index (χ1n) is 3.59. The number of hydrogen-bond donors (Lipinski definition) is 1. The maximum absolute atomic E-state index is 3.74. The van der Waals surface area contributed by atoms with E-state index in [1.54, 1.807) is 0 Å². The van der Waals surface area contributed by atoms with E-state index in [1.807, 2.05) is 37.6 Å². The molecule has 0 unspecified atom stereocenters. The fourth-order valence-corrected chi connectivity index (χ4v) is 0.935. The minimum Gasteiger partial charge on any atom is -0.870 e. The number of rotatable bonds is 2. The van der Waals surface area contributed by atoms with Gasteiger partial charge in [-0.25, -0.2) is 0 Å². The van der Waals surface area contributed by atoms with Gasteiger partial charge < -0.3 is 11.0 Å². The summed E-state index contributed by atoms with van der Waals surface area (Å²) in [5, 5.41) is 13.3. The van der Waals surface area contributed by atoms with Crippen molar-refractivity contribution in [1.82, 2.24) is 20.6 Å². The zero-order valence-electron chi connectivity index (χ0n) is 7.25. The van der Waals surface area contributed by atoms with Crippen LogP contribution in [0.1, 0.15) is 0 Å². The molecule has 0 aliphatic heterocycles. The molecule has 0 aliphatic rings. The Morgan fingerprint density at radius 2 is 1.86 bits per heavy atom. The molecule has 14 heavy (non-hydrogen) atoms. The fourth-order valence-electron chi connectivity index (χ4n) is 0.935. The van der Waals surface area contributed by atoms with Crippen LogP contribution in [-0.2, 0) is 0 Å². The zero-order valence-corrected chi connectivity index (χ0v) is 7.25. The van der Waals surface area contributed by atoms with Gasteiger partial charge >= 0.3 is 69.4 Å². The van der Waals surface area contributed by atoms with Crippen LogP contribution in [0.4, 0.5) is 0 Å². The van der Waals surface area contributed by atoms with E-state index in [4.69, 9.17) is 0 Å². The van der Waals surface area contributed by atoms with Crippen molar-refractivity contribution < 1.29 is 11.0 Å². The van der Waals surface area contributed by atoms with Gasteiger partial charge in [-0.2, -0.15) is 0 Å². The molecule has 0 fully saturated rings. The summed E-state index contributed by atoms with van der Waals surface area (Å²) in [6, 6.07) is 9.88. The molecule has 1 aromatic heterocycles. The number of hydrogen-bond acceptors (Lipinski definition) is 4. The predicted molar refractivity (Wildman–Crippen MR) is 51.2 cm³/mol. The summed E-state index contributed by atoms with van der Waals surface area (Å²) < 4.78 is 0. The van der Waals surface area contributed by atoms with Crippen molar-refractivity contribution in [1.29, 1.82) is 0 Å². The molecule has 0 saturated carbocycles. The van der Waals surface area contributed by atoms with Crippen molar-refractivity contribution >= 4 is 18.5 Å². The average molecular weight is 192 g/mol. The summed E-state index contributed by atoms with van der Waals surface area (Å²) in [7, 11) is 1.88. The minimum absolute atomic E-state index is 0. The number of H-pyrrole nitrogens is 1. The van der Waals surface area contributed by atoms with E-state index in [-0.39, 0.29) is 11.0 Å². The molecule has 0 bridgehead atoms. The average Bonchev–Trinajstić information content (AvgIpc) is 2.59. The second-order valence-electron chi connectivity index (χ2n) is 2.34. The smallest absolute Gasteiger partial charge is 0.870 e. The Balaban J connectivity index is 0.000000845. The minimum atomic E-state index is 0. The van der Waals surface area contributed by atoms with Crippen LogP contribution in [0.15, 0.2) is 30.3 Å². The van der Waals surface area contributed by atoms with Crippen LogP contribution >= 0.6 is 0 Å². The van der Waals surface area contributed by atoms with Gasteiger partial charge in [-0.1, -0.05) is 0 Å². The number of aromatic amines is 1. The van der Waals surface area contributed by atoms with Crippen LogP contribution in [0, 0.1) is 0 Å². The SMILES string of the molecule is O.[B+](c1ccccc1)c1nnn[nH]1.[OH-]. The molecule has 1 heterocycles. The third-order valence-corrected chi connectivity index (χ3v) is 1.46. The maximum atomic E-state index is 3.74. The summed E-state index contributed by atoms with van der Waals surface area (Å²) in [5.41, 5.74) is 1.75. The Labute approximate surface area is 81.2 Å². The second kappa shape index (κ2) is 5.84. The number of nitrogens with zero attached hydrogens (tertiary/aromatic N) is 3. The van der Waals surface area contributed by atoms with Gasteiger partial charge in [-0.05, 0) is 0 Å². The summed E-state index contributed by atoms with van der Waals surface area (Å²) >= 11 is 0. The molecular formula is C7H9BN4O2. The van der Waals surface area contributed by atoms with Gasteiger partial charge in [0.1, 0.15) is 0 Å². The summed E-state index contributed by atoms with van der Waals surface area (Å²) in [4.78, 5) is 0. The molecule has 0 atom stereocenters. The van der Waals surface area contributed by atoms with Crippen molar-refractivity contribution in [2.45, 2.75) is 0 Å². The predicted octanol–water partition coefficient (Wildman–Crippen LogP) is -2.15. The molecule has 72 valence electrons. The van der Waals surface area contributed by atoms with Crippen molar-refractivity contribution in [3.8, 4) is 0 Å². The topological polar surface area (TPSA) is 116 Å². The first kappa shape index (κ1) is 12.3. The van der Waals surface area contributed by atoms with E-state index < -0.39 is 0 Å². The zero-order chi connectivity index (χ0) is 8.23. The normalized spacial score (nSPS) is 8.00. The maximum Gasteiger partial charge on any atom is -0.870 e. The number of nitrogens with one attached hydrogen (secondary N) is 1. The number of aromatic nitrogens is 4. The molecule has 2 aromatic rings. The van der Waals surface area contributed by atoms with Crippen LogP contribution in [-0.4, -0.2) is 38.9 Å². The molecule has 6 nitrogen and oxygen atoms in total. The molecule has 7 heteroatoms. The Kier molecular flexibility index (Phi) is 5.12. The third-order valence-electron chi connectivity index (χ3n) is 1.46. The van der Waals surface area contributed by atoms with E-state index >= 15 is 0 Å². The molecule has 4 N–H and O–H groups in total. The standard InChI is InChI=1S/C7H6BN4.2H2O/c1-2-4-6(5-3-1)8-7-9-11-12-10-7;;/h1-5H,(H,9,10,11,12);2*1H2/q+1;;/p-1. The van der Waals surface area contributed by atoms with Crippen molar-refractivity contribution in [3.05, 3.63) is 30.3 Å². The van der Waals surface area contributed by atoms with Gasteiger partial charge in [-0.15, -0.1) is 0 Å². The van der Waals surface area contributed by atoms with Gasteiger partial charge in [0.05, 0.1) is 0 Å². The van der Waals surface area contributed by atoms with Crippen molar-refractivity contribution in [2.75, 3.05) is 0 Å².